The van der Waals surface area contributed by atoms with E-state index in [9.17, 15) is 9.59 Å². The van der Waals surface area contributed by atoms with Crippen molar-refractivity contribution in [1.82, 2.24) is 19.4 Å². The summed E-state index contributed by atoms with van der Waals surface area (Å²) in [6.45, 7) is 5.95. The van der Waals surface area contributed by atoms with E-state index in [1.807, 2.05) is 44.7 Å². The Bertz CT molecular complexity index is 1200. The number of carbonyl (C=O) groups is 2. The number of nitrogens with zero attached hydrogens (tertiary/aromatic N) is 4. The van der Waals surface area contributed by atoms with Crippen LogP contribution >= 0.6 is 11.8 Å². The van der Waals surface area contributed by atoms with Gasteiger partial charge in [0.25, 0.3) is 0 Å². The van der Waals surface area contributed by atoms with Crippen molar-refractivity contribution in [3.05, 3.63) is 59.7 Å². The molecule has 2 aromatic carbocycles. The van der Waals surface area contributed by atoms with Crippen molar-refractivity contribution >= 4 is 34.6 Å². The highest BCUT2D eigenvalue weighted by atomic mass is 32.2. The summed E-state index contributed by atoms with van der Waals surface area (Å²) in [5, 5.41) is 0.734. The van der Waals surface area contributed by atoms with E-state index in [-0.39, 0.29) is 30.4 Å². The number of carbonyl (C=O) groups excluding carboxylic acids is 2. The van der Waals surface area contributed by atoms with Crippen molar-refractivity contribution in [2.24, 2.45) is 0 Å². The fourth-order valence-electron chi connectivity index (χ4n) is 5.37. The SMILES string of the molecule is CC1CCCC(C)N1C(=O)Cn1c(SCC(=O)N2CCc3ccccc3C2)nc2ccccc21. The highest BCUT2D eigenvalue weighted by molar-refractivity contribution is 7.99. The molecule has 34 heavy (non-hydrogen) atoms. The second kappa shape index (κ2) is 9.82. The van der Waals surface area contributed by atoms with E-state index in [4.69, 9.17) is 4.98 Å². The first kappa shape index (κ1) is 23.0. The normalized spacial score (nSPS) is 20.4. The zero-order chi connectivity index (χ0) is 23.7. The zero-order valence-corrected chi connectivity index (χ0v) is 20.8. The van der Waals surface area contributed by atoms with Crippen molar-refractivity contribution in [2.45, 2.75) is 69.9 Å². The van der Waals surface area contributed by atoms with Gasteiger partial charge in [0, 0.05) is 25.2 Å². The maximum Gasteiger partial charge on any atom is 0.243 e. The minimum Gasteiger partial charge on any atom is -0.337 e. The van der Waals surface area contributed by atoms with Gasteiger partial charge in [-0.25, -0.2) is 4.98 Å². The summed E-state index contributed by atoms with van der Waals surface area (Å²) in [7, 11) is 0. The lowest BCUT2D eigenvalue weighted by atomic mass is 9.97. The van der Waals surface area contributed by atoms with E-state index in [0.29, 0.717) is 12.3 Å². The zero-order valence-electron chi connectivity index (χ0n) is 19.9. The van der Waals surface area contributed by atoms with Crippen LogP contribution in [-0.4, -0.2) is 55.5 Å². The Morgan fingerprint density at radius 3 is 2.47 bits per heavy atom. The van der Waals surface area contributed by atoms with Crippen LogP contribution < -0.4 is 0 Å². The van der Waals surface area contributed by atoms with Crippen LogP contribution in [0.3, 0.4) is 0 Å². The second-order valence-corrected chi connectivity index (χ2v) is 10.5. The average molecular weight is 477 g/mol. The molecule has 2 aliphatic heterocycles. The number of thioether (sulfide) groups is 1. The van der Waals surface area contributed by atoms with Crippen molar-refractivity contribution < 1.29 is 9.59 Å². The molecule has 1 saturated heterocycles. The number of hydrogen-bond acceptors (Lipinski definition) is 4. The number of likely N-dealkylation sites (tertiary alicyclic amines) is 1. The molecule has 1 aromatic heterocycles. The molecule has 2 amide bonds. The summed E-state index contributed by atoms with van der Waals surface area (Å²) in [4.78, 5) is 35.2. The van der Waals surface area contributed by atoms with Crippen LogP contribution in [0.4, 0.5) is 0 Å². The highest BCUT2D eigenvalue weighted by Crippen LogP contribution is 2.28. The summed E-state index contributed by atoms with van der Waals surface area (Å²) in [5.74, 6) is 0.558. The Hall–Kier alpha value is -2.80. The summed E-state index contributed by atoms with van der Waals surface area (Å²) in [5.41, 5.74) is 4.36. The molecule has 0 aliphatic carbocycles. The summed E-state index contributed by atoms with van der Waals surface area (Å²) in [6.07, 6.45) is 4.17. The fraction of sp³-hybridized carbons (Fsp3) is 0.444. The van der Waals surface area contributed by atoms with Crippen molar-refractivity contribution in [2.75, 3.05) is 12.3 Å². The molecule has 0 saturated carbocycles. The van der Waals surface area contributed by atoms with E-state index in [0.717, 1.165) is 42.0 Å². The van der Waals surface area contributed by atoms with Crippen LogP contribution in [0.25, 0.3) is 11.0 Å². The molecule has 2 unspecified atom stereocenters. The molecule has 3 aromatic rings. The molecule has 2 atom stereocenters. The Morgan fingerprint density at radius 1 is 0.971 bits per heavy atom. The lowest BCUT2D eigenvalue weighted by Gasteiger charge is -2.39. The molecular formula is C27H32N4O2S. The van der Waals surface area contributed by atoms with Crippen LogP contribution in [0.2, 0.25) is 0 Å². The molecule has 5 rings (SSSR count). The number of hydrogen-bond donors (Lipinski definition) is 0. The molecule has 2 aliphatic rings. The Balaban J connectivity index is 1.32. The predicted molar refractivity (Wildman–Crippen MR) is 136 cm³/mol. The van der Waals surface area contributed by atoms with Crippen LogP contribution in [0.1, 0.15) is 44.2 Å². The van der Waals surface area contributed by atoms with Gasteiger partial charge in [-0.15, -0.1) is 0 Å². The summed E-state index contributed by atoms with van der Waals surface area (Å²) in [6, 6.07) is 16.8. The topological polar surface area (TPSA) is 58.4 Å². The molecular weight excluding hydrogens is 444 g/mol. The average Bonchev–Trinajstić information content (AvgIpc) is 3.19. The van der Waals surface area contributed by atoms with Gasteiger partial charge in [-0.05, 0) is 62.8 Å². The largest absolute Gasteiger partial charge is 0.337 e. The molecule has 7 heteroatoms. The van der Waals surface area contributed by atoms with Gasteiger partial charge in [-0.2, -0.15) is 0 Å². The Morgan fingerprint density at radius 2 is 1.68 bits per heavy atom. The first-order valence-corrected chi connectivity index (χ1v) is 13.2. The van der Waals surface area contributed by atoms with Crippen LogP contribution in [-0.2, 0) is 29.1 Å². The molecule has 0 bridgehead atoms. The number of rotatable bonds is 5. The quantitative estimate of drug-likeness (QED) is 0.509. The van der Waals surface area contributed by atoms with E-state index in [1.54, 1.807) is 0 Å². The molecule has 0 spiro atoms. The summed E-state index contributed by atoms with van der Waals surface area (Å²) >= 11 is 1.44. The Kier molecular flexibility index (Phi) is 6.63. The van der Waals surface area contributed by atoms with E-state index >= 15 is 0 Å². The monoisotopic (exact) mass is 476 g/mol. The van der Waals surface area contributed by atoms with Crippen molar-refractivity contribution in [1.29, 1.82) is 0 Å². The van der Waals surface area contributed by atoms with Crippen molar-refractivity contribution in [3.63, 3.8) is 0 Å². The van der Waals surface area contributed by atoms with Crippen LogP contribution in [0.5, 0.6) is 0 Å². The van der Waals surface area contributed by atoms with Gasteiger partial charge in [-0.1, -0.05) is 48.2 Å². The van der Waals surface area contributed by atoms with Gasteiger partial charge in [0.05, 0.1) is 16.8 Å². The van der Waals surface area contributed by atoms with Gasteiger partial charge in [0.15, 0.2) is 5.16 Å². The van der Waals surface area contributed by atoms with Gasteiger partial charge >= 0.3 is 0 Å². The molecule has 6 nitrogen and oxygen atoms in total. The lowest BCUT2D eigenvalue weighted by molar-refractivity contribution is -0.138. The molecule has 1 fully saturated rings. The number of piperidine rings is 1. The molecule has 0 N–H and O–H groups in total. The number of amides is 2. The van der Waals surface area contributed by atoms with Crippen molar-refractivity contribution in [3.8, 4) is 0 Å². The highest BCUT2D eigenvalue weighted by Gasteiger charge is 2.30. The maximum atomic E-state index is 13.4. The third-order valence-electron chi connectivity index (χ3n) is 7.20. The van der Waals surface area contributed by atoms with Crippen LogP contribution in [0.15, 0.2) is 53.7 Å². The van der Waals surface area contributed by atoms with Gasteiger partial charge in [0.2, 0.25) is 11.8 Å². The minimum atomic E-state index is 0.114. The van der Waals surface area contributed by atoms with E-state index in [2.05, 4.69) is 32.0 Å². The predicted octanol–water partition coefficient (Wildman–Crippen LogP) is 4.50. The fourth-order valence-corrected chi connectivity index (χ4v) is 6.29. The third-order valence-corrected chi connectivity index (χ3v) is 8.16. The third kappa shape index (κ3) is 4.58. The second-order valence-electron chi connectivity index (χ2n) is 9.52. The first-order valence-electron chi connectivity index (χ1n) is 12.2. The van der Waals surface area contributed by atoms with Gasteiger partial charge < -0.3 is 14.4 Å². The van der Waals surface area contributed by atoms with Gasteiger partial charge in [-0.3, -0.25) is 9.59 Å². The molecule has 3 heterocycles. The number of benzene rings is 2. The Labute approximate surface area is 205 Å². The standard InChI is InChI=1S/C27H32N4O2S/c1-19-8-7-9-20(2)31(19)25(32)17-30-24-13-6-5-12-23(24)28-27(30)34-18-26(33)29-15-14-21-10-3-4-11-22(21)16-29/h3-6,10-13,19-20H,7-9,14-18H2,1-2H3. The molecule has 178 valence electrons. The number of aromatic nitrogens is 2. The molecule has 0 radical (unpaired) electrons. The lowest BCUT2D eigenvalue weighted by Crippen LogP contribution is -2.48. The smallest absolute Gasteiger partial charge is 0.243 e. The van der Waals surface area contributed by atoms with E-state index in [1.165, 1.54) is 29.3 Å². The maximum absolute atomic E-state index is 13.4. The van der Waals surface area contributed by atoms with Gasteiger partial charge in [0.1, 0.15) is 6.54 Å². The number of para-hydroxylation sites is 2. The minimum absolute atomic E-state index is 0.114. The number of imidazole rings is 1. The van der Waals surface area contributed by atoms with Crippen LogP contribution in [0, 0.1) is 0 Å². The van der Waals surface area contributed by atoms with E-state index < -0.39 is 0 Å². The first-order chi connectivity index (χ1) is 16.5. The summed E-state index contributed by atoms with van der Waals surface area (Å²) < 4.78 is 2.00. The number of fused-ring (bicyclic) bond motifs is 2.